The summed E-state index contributed by atoms with van der Waals surface area (Å²) in [5, 5.41) is 0.697. The molecule has 0 fully saturated rings. The van der Waals surface area contributed by atoms with Crippen molar-refractivity contribution in [3.8, 4) is 0 Å². The number of rotatable bonds is 3. The second-order valence-electron chi connectivity index (χ2n) is 6.36. The second-order valence-corrected chi connectivity index (χ2v) is 9.19. The molecule has 0 bridgehead atoms. The largest absolute Gasteiger partial charge is 0.437 e. The molecule has 0 unspecified atom stereocenters. The number of nitrogens with zero attached hydrogens (tertiary/aromatic N) is 1. The van der Waals surface area contributed by atoms with E-state index in [1.807, 2.05) is 37.3 Å². The number of sulfone groups is 1. The van der Waals surface area contributed by atoms with E-state index in [0.717, 1.165) is 10.0 Å². The SMILES string of the molecule is Cc1ccc(S(=O)(=O)c2cc3ccccc3oc2=Nc2ccc(Br)cc2)cc1. The third kappa shape index (κ3) is 3.66. The number of halogens is 1. The van der Waals surface area contributed by atoms with Crippen molar-refractivity contribution in [2.75, 3.05) is 0 Å². The lowest BCUT2D eigenvalue weighted by atomic mass is 10.2. The summed E-state index contributed by atoms with van der Waals surface area (Å²) in [5.74, 6) is 0. The van der Waals surface area contributed by atoms with Gasteiger partial charge in [0.2, 0.25) is 15.4 Å². The van der Waals surface area contributed by atoms with Gasteiger partial charge in [-0.2, -0.15) is 0 Å². The minimum atomic E-state index is -3.80. The third-order valence-electron chi connectivity index (χ3n) is 4.30. The van der Waals surface area contributed by atoms with Crippen LogP contribution in [0.1, 0.15) is 5.56 Å². The number of aryl methyl sites for hydroxylation is 1. The molecule has 0 amide bonds. The molecule has 1 aromatic heterocycles. The summed E-state index contributed by atoms with van der Waals surface area (Å²) in [5.41, 5.74) is 2.22. The molecule has 0 aliphatic carbocycles. The predicted molar refractivity (Wildman–Crippen MR) is 112 cm³/mol. The lowest BCUT2D eigenvalue weighted by Crippen LogP contribution is -2.15. The number of hydrogen-bond acceptors (Lipinski definition) is 4. The summed E-state index contributed by atoms with van der Waals surface area (Å²) in [7, 11) is -3.80. The van der Waals surface area contributed by atoms with Gasteiger partial charge in [-0.15, -0.1) is 0 Å². The smallest absolute Gasteiger partial charge is 0.239 e. The molecule has 0 N–H and O–H groups in total. The first-order valence-electron chi connectivity index (χ1n) is 8.58. The Morgan fingerprint density at radius 3 is 2.29 bits per heavy atom. The minimum Gasteiger partial charge on any atom is -0.437 e. The molecule has 0 saturated carbocycles. The topological polar surface area (TPSA) is 59.6 Å². The molecule has 28 heavy (non-hydrogen) atoms. The van der Waals surface area contributed by atoms with E-state index in [1.165, 1.54) is 0 Å². The lowest BCUT2D eigenvalue weighted by Gasteiger charge is -2.07. The monoisotopic (exact) mass is 453 g/mol. The minimum absolute atomic E-state index is 0.0398. The maximum absolute atomic E-state index is 13.3. The lowest BCUT2D eigenvalue weighted by molar-refractivity contribution is 0.517. The molecule has 1 heterocycles. The van der Waals surface area contributed by atoms with E-state index < -0.39 is 9.84 Å². The highest BCUT2D eigenvalue weighted by atomic mass is 79.9. The second kappa shape index (κ2) is 7.37. The van der Waals surface area contributed by atoms with Gasteiger partial charge in [0.1, 0.15) is 10.5 Å². The number of para-hydroxylation sites is 1. The van der Waals surface area contributed by atoms with Gasteiger partial charge >= 0.3 is 0 Å². The molecule has 0 atom stereocenters. The van der Waals surface area contributed by atoms with Crippen molar-refractivity contribution < 1.29 is 12.8 Å². The fourth-order valence-corrected chi connectivity index (χ4v) is 4.41. The summed E-state index contributed by atoms with van der Waals surface area (Å²) in [6.45, 7) is 1.91. The molecule has 4 aromatic rings. The Bertz CT molecular complexity index is 1320. The van der Waals surface area contributed by atoms with Gasteiger partial charge in [-0.1, -0.05) is 51.8 Å². The van der Waals surface area contributed by atoms with Crippen molar-refractivity contribution in [2.45, 2.75) is 16.7 Å². The molecule has 4 rings (SSSR count). The first kappa shape index (κ1) is 18.7. The molecule has 0 spiro atoms. The third-order valence-corrected chi connectivity index (χ3v) is 6.59. The Labute approximate surface area is 171 Å². The van der Waals surface area contributed by atoms with Gasteiger partial charge in [-0.05, 0) is 55.5 Å². The fraction of sp³-hybridized carbons (Fsp3) is 0.0455. The van der Waals surface area contributed by atoms with Crippen molar-refractivity contribution in [1.29, 1.82) is 0 Å². The Hall–Kier alpha value is -2.70. The highest BCUT2D eigenvalue weighted by Crippen LogP contribution is 2.23. The van der Waals surface area contributed by atoms with Crippen molar-refractivity contribution in [1.82, 2.24) is 0 Å². The van der Waals surface area contributed by atoms with Crippen molar-refractivity contribution in [2.24, 2.45) is 4.99 Å². The summed E-state index contributed by atoms with van der Waals surface area (Å²) < 4.78 is 33.5. The summed E-state index contributed by atoms with van der Waals surface area (Å²) in [4.78, 5) is 4.72. The quantitative estimate of drug-likeness (QED) is 0.407. The number of hydrogen-bond donors (Lipinski definition) is 0. The summed E-state index contributed by atoms with van der Waals surface area (Å²) in [6.07, 6.45) is 0. The van der Waals surface area contributed by atoms with Crippen LogP contribution in [-0.2, 0) is 9.84 Å². The molecule has 3 aromatic carbocycles. The van der Waals surface area contributed by atoms with Crippen LogP contribution in [-0.4, -0.2) is 8.42 Å². The molecule has 140 valence electrons. The maximum Gasteiger partial charge on any atom is 0.239 e. The highest BCUT2D eigenvalue weighted by Gasteiger charge is 2.22. The molecule has 0 saturated heterocycles. The molecular formula is C22H16BrNO3S. The van der Waals surface area contributed by atoms with Crippen LogP contribution in [0.25, 0.3) is 11.0 Å². The van der Waals surface area contributed by atoms with Gasteiger partial charge in [0.05, 0.1) is 10.6 Å². The zero-order valence-corrected chi connectivity index (χ0v) is 17.4. The average molecular weight is 454 g/mol. The van der Waals surface area contributed by atoms with Crippen molar-refractivity contribution >= 4 is 42.4 Å². The van der Waals surface area contributed by atoms with Crippen LogP contribution in [0.5, 0.6) is 0 Å². The van der Waals surface area contributed by atoms with Gasteiger partial charge in [-0.3, -0.25) is 0 Å². The maximum atomic E-state index is 13.3. The van der Waals surface area contributed by atoms with Crippen LogP contribution in [0.3, 0.4) is 0 Å². The van der Waals surface area contributed by atoms with Crippen LogP contribution in [0.15, 0.2) is 103 Å². The van der Waals surface area contributed by atoms with Crippen molar-refractivity contribution in [3.05, 3.63) is 94.5 Å². The molecule has 0 radical (unpaired) electrons. The Balaban J connectivity index is 2.00. The van der Waals surface area contributed by atoms with E-state index in [2.05, 4.69) is 20.9 Å². The normalized spacial score (nSPS) is 12.4. The Morgan fingerprint density at radius 2 is 1.57 bits per heavy atom. The zero-order valence-electron chi connectivity index (χ0n) is 15.0. The van der Waals surface area contributed by atoms with Gasteiger partial charge in [0.15, 0.2) is 0 Å². The Morgan fingerprint density at radius 1 is 0.893 bits per heavy atom. The van der Waals surface area contributed by atoms with Crippen molar-refractivity contribution in [3.63, 3.8) is 0 Å². The first-order valence-corrected chi connectivity index (χ1v) is 10.9. The average Bonchev–Trinajstić information content (AvgIpc) is 2.69. The van der Waals surface area contributed by atoms with Crippen LogP contribution in [0, 0.1) is 6.92 Å². The Kier molecular flexibility index (Phi) is 4.91. The molecule has 0 aliphatic heterocycles. The van der Waals surface area contributed by atoms with E-state index in [9.17, 15) is 8.42 Å². The van der Waals surface area contributed by atoms with Gasteiger partial charge < -0.3 is 4.42 Å². The van der Waals surface area contributed by atoms with E-state index in [-0.39, 0.29) is 15.3 Å². The standard InChI is InChI=1S/C22H16BrNO3S/c1-15-6-12-19(13-7-15)28(25,26)21-14-16-4-2-3-5-20(16)27-22(21)24-18-10-8-17(23)9-11-18/h2-14H,1H3. The number of benzene rings is 3. The van der Waals surface area contributed by atoms with Crippen LogP contribution >= 0.6 is 15.9 Å². The number of fused-ring (bicyclic) bond motifs is 1. The fourth-order valence-electron chi connectivity index (χ4n) is 2.80. The van der Waals surface area contributed by atoms with E-state index in [0.29, 0.717) is 16.7 Å². The van der Waals surface area contributed by atoms with Gasteiger partial charge in [-0.25, -0.2) is 13.4 Å². The predicted octanol–water partition coefficient (Wildman–Crippen LogP) is 5.57. The molecule has 0 aliphatic rings. The molecule has 6 heteroatoms. The molecule has 4 nitrogen and oxygen atoms in total. The summed E-state index contributed by atoms with van der Waals surface area (Å²) >= 11 is 3.39. The van der Waals surface area contributed by atoms with Gasteiger partial charge in [0, 0.05) is 9.86 Å². The summed E-state index contributed by atoms with van der Waals surface area (Å²) in [6, 6.07) is 22.9. The van der Waals surface area contributed by atoms with E-state index in [1.54, 1.807) is 48.5 Å². The highest BCUT2D eigenvalue weighted by molar-refractivity contribution is 9.10. The van der Waals surface area contributed by atoms with Crippen LogP contribution < -0.4 is 5.55 Å². The van der Waals surface area contributed by atoms with Crippen LogP contribution in [0.4, 0.5) is 5.69 Å². The van der Waals surface area contributed by atoms with Gasteiger partial charge in [0.25, 0.3) is 0 Å². The van der Waals surface area contributed by atoms with E-state index >= 15 is 0 Å². The first-order chi connectivity index (χ1) is 13.4. The molecular weight excluding hydrogens is 438 g/mol. The van der Waals surface area contributed by atoms with Crippen LogP contribution in [0.2, 0.25) is 0 Å². The zero-order chi connectivity index (χ0) is 19.7. The van der Waals surface area contributed by atoms with E-state index in [4.69, 9.17) is 4.42 Å².